The van der Waals surface area contributed by atoms with Crippen molar-refractivity contribution in [2.24, 2.45) is 5.92 Å². The predicted molar refractivity (Wildman–Crippen MR) is 87.0 cm³/mol. The normalized spacial score (nSPS) is 26.6. The maximum Gasteiger partial charge on any atom is 0.233 e. The summed E-state index contributed by atoms with van der Waals surface area (Å²) in [6.07, 6.45) is 7.04. The smallest absolute Gasteiger partial charge is 0.233 e. The number of hydrogen-bond acceptors (Lipinski definition) is 5. The highest BCUT2D eigenvalue weighted by atomic mass is 32.2. The number of carbonyl (C=O) groups is 1. The monoisotopic (exact) mass is 323 g/mol. The van der Waals surface area contributed by atoms with Crippen LogP contribution in [0.4, 0.5) is 0 Å². The SMILES string of the molecule is C[C@H](Sc1nnc(C2CC2)n1N)C(=O)N[C@@H]1CCCC[C@H]1C. The minimum Gasteiger partial charge on any atom is -0.352 e. The van der Waals surface area contributed by atoms with Gasteiger partial charge in [-0.2, -0.15) is 0 Å². The number of amides is 1. The number of nitrogens with zero attached hydrogens (tertiary/aromatic N) is 3. The number of nitrogens with one attached hydrogen (secondary N) is 1. The predicted octanol–water partition coefficient (Wildman–Crippen LogP) is 2.04. The molecule has 1 aromatic rings. The third kappa shape index (κ3) is 3.39. The molecule has 0 aromatic carbocycles. The Morgan fingerprint density at radius 3 is 2.73 bits per heavy atom. The summed E-state index contributed by atoms with van der Waals surface area (Å²) in [5, 5.41) is 11.9. The first-order chi connectivity index (χ1) is 10.6. The van der Waals surface area contributed by atoms with Crippen LogP contribution in [0.3, 0.4) is 0 Å². The van der Waals surface area contributed by atoms with Gasteiger partial charge in [-0.3, -0.25) is 4.79 Å². The Labute approximate surface area is 135 Å². The molecule has 0 radical (unpaired) electrons. The van der Waals surface area contributed by atoms with Gasteiger partial charge in [-0.15, -0.1) is 10.2 Å². The number of thioether (sulfide) groups is 1. The maximum atomic E-state index is 12.4. The molecular formula is C15H25N5OS. The van der Waals surface area contributed by atoms with E-state index in [1.54, 1.807) is 4.68 Å². The fraction of sp³-hybridized carbons (Fsp3) is 0.800. The van der Waals surface area contributed by atoms with Crippen LogP contribution in [0, 0.1) is 5.92 Å². The number of aromatic nitrogens is 3. The van der Waals surface area contributed by atoms with Crippen LogP contribution in [0.2, 0.25) is 0 Å². The van der Waals surface area contributed by atoms with E-state index in [9.17, 15) is 4.79 Å². The molecule has 2 fully saturated rings. The van der Waals surface area contributed by atoms with E-state index in [0.29, 0.717) is 23.0 Å². The van der Waals surface area contributed by atoms with Gasteiger partial charge in [0.1, 0.15) is 0 Å². The topological polar surface area (TPSA) is 85.8 Å². The summed E-state index contributed by atoms with van der Waals surface area (Å²) in [6.45, 7) is 4.12. The van der Waals surface area contributed by atoms with Crippen molar-refractivity contribution >= 4 is 17.7 Å². The number of nitrogen functional groups attached to an aromatic ring is 1. The number of rotatable bonds is 5. The van der Waals surface area contributed by atoms with Crippen LogP contribution in [0.1, 0.15) is 64.1 Å². The number of nitrogens with two attached hydrogens (primary N) is 1. The van der Waals surface area contributed by atoms with Gasteiger partial charge in [0.25, 0.3) is 0 Å². The molecule has 0 unspecified atom stereocenters. The number of carbonyl (C=O) groups excluding carboxylic acids is 1. The third-order valence-corrected chi connectivity index (χ3v) is 5.78. The van der Waals surface area contributed by atoms with Crippen molar-refractivity contribution in [3.05, 3.63) is 5.82 Å². The minimum absolute atomic E-state index is 0.0692. The van der Waals surface area contributed by atoms with Gasteiger partial charge in [0.05, 0.1) is 5.25 Å². The second-order valence-electron chi connectivity index (χ2n) is 6.62. The second-order valence-corrected chi connectivity index (χ2v) is 7.93. The Kier molecular flexibility index (Phi) is 4.61. The lowest BCUT2D eigenvalue weighted by Gasteiger charge is -2.30. The molecule has 3 rings (SSSR count). The molecular weight excluding hydrogens is 298 g/mol. The fourth-order valence-corrected chi connectivity index (χ4v) is 3.82. The highest BCUT2D eigenvalue weighted by molar-refractivity contribution is 8.00. The molecule has 1 heterocycles. The van der Waals surface area contributed by atoms with Crippen LogP contribution in [-0.2, 0) is 4.79 Å². The molecule has 6 nitrogen and oxygen atoms in total. The molecule has 7 heteroatoms. The lowest BCUT2D eigenvalue weighted by molar-refractivity contribution is -0.121. The van der Waals surface area contributed by atoms with Gasteiger partial charge in [-0.25, -0.2) is 4.68 Å². The molecule has 1 aromatic heterocycles. The standard InChI is InChI=1S/C15H25N5OS/c1-9-5-3-4-6-12(9)17-14(21)10(2)22-15-19-18-13(20(15)16)11-7-8-11/h9-12H,3-8,16H2,1-2H3,(H,17,21)/t9-,10+,12-/m1/s1. The summed E-state index contributed by atoms with van der Waals surface area (Å²) in [5.41, 5.74) is 0. The van der Waals surface area contributed by atoms with Crippen molar-refractivity contribution < 1.29 is 4.79 Å². The van der Waals surface area contributed by atoms with Gasteiger partial charge in [0.2, 0.25) is 11.1 Å². The molecule has 2 aliphatic rings. The van der Waals surface area contributed by atoms with E-state index in [0.717, 1.165) is 25.1 Å². The quantitative estimate of drug-likeness (QED) is 0.640. The molecule has 2 saturated carbocycles. The molecule has 0 spiro atoms. The van der Waals surface area contributed by atoms with E-state index >= 15 is 0 Å². The Morgan fingerprint density at radius 2 is 2.05 bits per heavy atom. The Bertz CT molecular complexity index is 542. The van der Waals surface area contributed by atoms with Crippen molar-refractivity contribution in [1.82, 2.24) is 20.2 Å². The van der Waals surface area contributed by atoms with Crippen LogP contribution in [0.25, 0.3) is 0 Å². The Balaban J connectivity index is 1.56. The first kappa shape index (κ1) is 15.6. The van der Waals surface area contributed by atoms with E-state index < -0.39 is 0 Å². The first-order valence-corrected chi connectivity index (χ1v) is 9.11. The molecule has 22 heavy (non-hydrogen) atoms. The van der Waals surface area contributed by atoms with Crippen molar-refractivity contribution in [2.45, 2.75) is 74.7 Å². The van der Waals surface area contributed by atoms with Crippen molar-refractivity contribution in [3.8, 4) is 0 Å². The Morgan fingerprint density at radius 1 is 1.32 bits per heavy atom. The fourth-order valence-electron chi connectivity index (χ4n) is 3.03. The summed E-state index contributed by atoms with van der Waals surface area (Å²) in [6, 6.07) is 0.307. The molecule has 0 aliphatic heterocycles. The summed E-state index contributed by atoms with van der Waals surface area (Å²) < 4.78 is 1.55. The number of hydrogen-bond donors (Lipinski definition) is 2. The zero-order valence-corrected chi connectivity index (χ0v) is 14.1. The van der Waals surface area contributed by atoms with Gasteiger partial charge < -0.3 is 11.2 Å². The van der Waals surface area contributed by atoms with Gasteiger partial charge in [0.15, 0.2) is 5.82 Å². The molecule has 122 valence electrons. The van der Waals surface area contributed by atoms with Crippen LogP contribution >= 0.6 is 11.8 Å². The molecule has 3 atom stereocenters. The molecule has 0 bridgehead atoms. The lowest BCUT2D eigenvalue weighted by Crippen LogP contribution is -2.44. The summed E-state index contributed by atoms with van der Waals surface area (Å²) in [7, 11) is 0. The minimum atomic E-state index is -0.215. The highest BCUT2D eigenvalue weighted by Gasteiger charge is 2.31. The largest absolute Gasteiger partial charge is 0.352 e. The van der Waals surface area contributed by atoms with E-state index in [2.05, 4.69) is 22.4 Å². The van der Waals surface area contributed by atoms with Crippen molar-refractivity contribution in [2.75, 3.05) is 5.84 Å². The van der Waals surface area contributed by atoms with Gasteiger partial charge in [0, 0.05) is 12.0 Å². The van der Waals surface area contributed by atoms with E-state index in [1.165, 1.54) is 31.0 Å². The average Bonchev–Trinajstić information content (AvgIpc) is 3.27. The van der Waals surface area contributed by atoms with Crippen molar-refractivity contribution in [3.63, 3.8) is 0 Å². The molecule has 1 amide bonds. The van der Waals surface area contributed by atoms with Crippen LogP contribution in [0.5, 0.6) is 0 Å². The van der Waals surface area contributed by atoms with Crippen molar-refractivity contribution in [1.29, 1.82) is 0 Å². The van der Waals surface area contributed by atoms with E-state index in [-0.39, 0.29) is 11.2 Å². The second kappa shape index (κ2) is 6.48. The first-order valence-electron chi connectivity index (χ1n) is 8.23. The average molecular weight is 323 g/mol. The highest BCUT2D eigenvalue weighted by Crippen LogP contribution is 2.39. The summed E-state index contributed by atoms with van der Waals surface area (Å²) in [4.78, 5) is 12.4. The van der Waals surface area contributed by atoms with Gasteiger partial charge in [-0.05, 0) is 38.5 Å². The van der Waals surface area contributed by atoms with Gasteiger partial charge >= 0.3 is 0 Å². The Hall–Kier alpha value is -1.24. The third-order valence-electron chi connectivity index (χ3n) is 4.72. The van der Waals surface area contributed by atoms with E-state index in [1.807, 2.05) is 6.92 Å². The molecule has 3 N–H and O–H groups in total. The zero-order chi connectivity index (χ0) is 15.7. The summed E-state index contributed by atoms with van der Waals surface area (Å²) in [5.74, 6) is 7.97. The molecule has 2 aliphatic carbocycles. The maximum absolute atomic E-state index is 12.4. The lowest BCUT2D eigenvalue weighted by atomic mass is 9.86. The van der Waals surface area contributed by atoms with Gasteiger partial charge in [-0.1, -0.05) is 31.5 Å². The van der Waals surface area contributed by atoms with Crippen LogP contribution in [-0.4, -0.2) is 32.1 Å². The van der Waals surface area contributed by atoms with Crippen LogP contribution in [0.15, 0.2) is 5.16 Å². The zero-order valence-electron chi connectivity index (χ0n) is 13.3. The summed E-state index contributed by atoms with van der Waals surface area (Å²) >= 11 is 1.39. The van der Waals surface area contributed by atoms with E-state index in [4.69, 9.17) is 5.84 Å². The van der Waals surface area contributed by atoms with Crippen LogP contribution < -0.4 is 11.2 Å². The molecule has 0 saturated heterocycles.